The molecule has 0 heterocycles. The molecule has 3 N–H and O–H groups in total. The van der Waals surface area contributed by atoms with Crippen LogP contribution in [0.2, 0.25) is 0 Å². The molecule has 5 nitrogen and oxygen atoms in total. The number of anilines is 1. The molecule has 1 aromatic carbocycles. The molecule has 21 heavy (non-hydrogen) atoms. The normalized spacial score (nSPS) is 12.7. The van der Waals surface area contributed by atoms with Crippen molar-refractivity contribution in [3.63, 3.8) is 0 Å². The van der Waals surface area contributed by atoms with E-state index in [-0.39, 0.29) is 12.4 Å². The van der Waals surface area contributed by atoms with E-state index in [1.54, 1.807) is 31.7 Å². The third-order valence-corrected chi connectivity index (χ3v) is 2.74. The van der Waals surface area contributed by atoms with Gasteiger partial charge in [0.05, 0.1) is 0 Å². The molecule has 0 saturated heterocycles. The summed E-state index contributed by atoms with van der Waals surface area (Å²) in [6.45, 7) is 5.57. The molecule has 0 aliphatic heterocycles. The van der Waals surface area contributed by atoms with Gasteiger partial charge >= 0.3 is 6.09 Å². The molecule has 0 saturated carbocycles. The monoisotopic (exact) mass is 297 g/mol. The lowest BCUT2D eigenvalue weighted by Crippen LogP contribution is -2.37. The fourth-order valence-corrected chi connectivity index (χ4v) is 1.84. The topological polar surface area (TPSA) is 67.6 Å². The highest BCUT2D eigenvalue weighted by atomic mass is 19.1. The predicted molar refractivity (Wildman–Crippen MR) is 81.9 cm³/mol. The van der Waals surface area contributed by atoms with Gasteiger partial charge in [-0.05, 0) is 38.5 Å². The van der Waals surface area contributed by atoms with E-state index in [1.165, 1.54) is 12.1 Å². The van der Waals surface area contributed by atoms with Gasteiger partial charge < -0.3 is 20.7 Å². The fraction of sp³-hybridized carbons (Fsp3) is 0.533. The van der Waals surface area contributed by atoms with Crippen LogP contribution in [0.4, 0.5) is 14.9 Å². The molecule has 0 radical (unpaired) electrons. The quantitative estimate of drug-likeness (QED) is 0.895. The fourth-order valence-electron chi connectivity index (χ4n) is 1.84. The Morgan fingerprint density at radius 2 is 2.05 bits per heavy atom. The Morgan fingerprint density at radius 3 is 2.57 bits per heavy atom. The van der Waals surface area contributed by atoms with E-state index in [1.807, 2.05) is 14.1 Å². The highest BCUT2D eigenvalue weighted by Crippen LogP contribution is 2.24. The summed E-state index contributed by atoms with van der Waals surface area (Å²) >= 11 is 0. The van der Waals surface area contributed by atoms with E-state index < -0.39 is 17.7 Å². The van der Waals surface area contributed by atoms with Crippen molar-refractivity contribution in [3.8, 4) is 0 Å². The summed E-state index contributed by atoms with van der Waals surface area (Å²) in [4.78, 5) is 13.4. The molecule has 1 aromatic rings. The van der Waals surface area contributed by atoms with E-state index in [9.17, 15) is 9.18 Å². The molecule has 1 amide bonds. The molecular formula is C15H24FN3O2. The molecule has 0 aliphatic rings. The number of benzene rings is 1. The number of amides is 1. The average Bonchev–Trinajstić information content (AvgIpc) is 2.33. The molecule has 0 spiro atoms. The van der Waals surface area contributed by atoms with E-state index in [0.717, 1.165) is 5.56 Å². The highest BCUT2D eigenvalue weighted by Gasteiger charge is 2.18. The maximum atomic E-state index is 13.3. The van der Waals surface area contributed by atoms with Crippen LogP contribution in [0.15, 0.2) is 18.2 Å². The van der Waals surface area contributed by atoms with Crippen molar-refractivity contribution < 1.29 is 13.9 Å². The molecule has 118 valence electrons. The van der Waals surface area contributed by atoms with Crippen LogP contribution in [0, 0.1) is 5.82 Å². The van der Waals surface area contributed by atoms with Crippen LogP contribution in [0.1, 0.15) is 32.4 Å². The number of nitrogens with zero attached hydrogens (tertiary/aromatic N) is 1. The van der Waals surface area contributed by atoms with Gasteiger partial charge in [-0.15, -0.1) is 0 Å². The van der Waals surface area contributed by atoms with E-state index >= 15 is 0 Å². The first-order valence-corrected chi connectivity index (χ1v) is 6.79. The summed E-state index contributed by atoms with van der Waals surface area (Å²) in [6, 6.07) is 3.96. The van der Waals surface area contributed by atoms with Crippen LogP contribution >= 0.6 is 0 Å². The lowest BCUT2D eigenvalue weighted by atomic mass is 10.0. The molecule has 1 unspecified atom stereocenters. The lowest BCUT2D eigenvalue weighted by molar-refractivity contribution is 0.0524. The lowest BCUT2D eigenvalue weighted by Gasteiger charge is -2.23. The minimum Gasteiger partial charge on any atom is -0.444 e. The number of hydrogen-bond acceptors (Lipinski definition) is 4. The molecule has 0 bridgehead atoms. The first-order chi connectivity index (χ1) is 9.60. The molecular weight excluding hydrogens is 273 g/mol. The van der Waals surface area contributed by atoms with Crippen LogP contribution in [0.5, 0.6) is 0 Å². The Balaban J connectivity index is 2.72. The number of hydrogen-bond donors (Lipinski definition) is 2. The zero-order valence-corrected chi connectivity index (χ0v) is 13.2. The summed E-state index contributed by atoms with van der Waals surface area (Å²) in [6.07, 6.45) is -0.522. The number of carbonyl (C=O) groups is 1. The average molecular weight is 297 g/mol. The Bertz CT molecular complexity index is 498. The van der Waals surface area contributed by atoms with Crippen LogP contribution in [-0.4, -0.2) is 32.3 Å². The zero-order chi connectivity index (χ0) is 16.2. The van der Waals surface area contributed by atoms with Gasteiger partial charge in [-0.1, -0.05) is 6.07 Å². The Morgan fingerprint density at radius 1 is 1.43 bits per heavy atom. The van der Waals surface area contributed by atoms with Gasteiger partial charge in [0, 0.05) is 32.4 Å². The maximum absolute atomic E-state index is 13.3. The molecule has 1 atom stereocenters. The van der Waals surface area contributed by atoms with Crippen LogP contribution in [0.3, 0.4) is 0 Å². The SMILES string of the molecule is CN(C)c1cc(F)ccc1C(N)CNC(=O)OC(C)(C)C. The van der Waals surface area contributed by atoms with Gasteiger partial charge in [0.15, 0.2) is 0 Å². The number of alkyl carbamates (subject to hydrolysis) is 1. The Kier molecular flexibility index (Phi) is 5.54. The minimum atomic E-state index is -0.557. The van der Waals surface area contributed by atoms with Gasteiger partial charge in [-0.2, -0.15) is 0 Å². The van der Waals surface area contributed by atoms with Crippen LogP contribution in [-0.2, 0) is 4.74 Å². The van der Waals surface area contributed by atoms with Gasteiger partial charge in [0.25, 0.3) is 0 Å². The van der Waals surface area contributed by atoms with Crippen molar-refractivity contribution >= 4 is 11.8 Å². The number of nitrogens with one attached hydrogen (secondary N) is 1. The van der Waals surface area contributed by atoms with E-state index in [0.29, 0.717) is 5.69 Å². The number of nitrogens with two attached hydrogens (primary N) is 1. The minimum absolute atomic E-state index is 0.210. The first-order valence-electron chi connectivity index (χ1n) is 6.79. The summed E-state index contributed by atoms with van der Waals surface area (Å²) in [5.74, 6) is -0.324. The van der Waals surface area contributed by atoms with Crippen molar-refractivity contribution in [1.29, 1.82) is 0 Å². The maximum Gasteiger partial charge on any atom is 0.407 e. The Hall–Kier alpha value is -1.82. The molecule has 6 heteroatoms. The van der Waals surface area contributed by atoms with Crippen LogP contribution in [0.25, 0.3) is 0 Å². The summed E-state index contributed by atoms with van der Waals surface area (Å²) in [5, 5.41) is 2.62. The zero-order valence-electron chi connectivity index (χ0n) is 13.2. The van der Waals surface area contributed by atoms with Crippen molar-refractivity contribution in [3.05, 3.63) is 29.6 Å². The largest absolute Gasteiger partial charge is 0.444 e. The number of rotatable bonds is 4. The Labute approximate surface area is 125 Å². The van der Waals surface area contributed by atoms with Crippen molar-refractivity contribution in [2.24, 2.45) is 5.73 Å². The highest BCUT2D eigenvalue weighted by molar-refractivity contribution is 5.67. The van der Waals surface area contributed by atoms with E-state index in [2.05, 4.69) is 5.32 Å². The predicted octanol–water partition coefficient (Wildman–Crippen LogP) is 2.42. The van der Waals surface area contributed by atoms with Crippen LogP contribution < -0.4 is 16.0 Å². The third-order valence-electron chi connectivity index (χ3n) is 2.74. The third kappa shape index (κ3) is 5.59. The number of ether oxygens (including phenoxy) is 1. The number of carbonyl (C=O) groups excluding carboxylic acids is 1. The van der Waals surface area contributed by atoms with Gasteiger partial charge in [-0.25, -0.2) is 9.18 Å². The molecule has 0 aromatic heterocycles. The molecule has 1 rings (SSSR count). The summed E-state index contributed by atoms with van der Waals surface area (Å²) in [7, 11) is 3.62. The van der Waals surface area contributed by atoms with Gasteiger partial charge in [-0.3, -0.25) is 0 Å². The van der Waals surface area contributed by atoms with Crippen molar-refractivity contribution in [2.75, 3.05) is 25.5 Å². The van der Waals surface area contributed by atoms with Crippen molar-refractivity contribution in [2.45, 2.75) is 32.4 Å². The molecule has 0 fully saturated rings. The van der Waals surface area contributed by atoms with Crippen molar-refractivity contribution in [1.82, 2.24) is 5.32 Å². The van der Waals surface area contributed by atoms with Gasteiger partial charge in [0.2, 0.25) is 0 Å². The van der Waals surface area contributed by atoms with E-state index in [4.69, 9.17) is 10.5 Å². The first kappa shape index (κ1) is 17.2. The standard InChI is InChI=1S/C15H24FN3O2/c1-15(2,3)21-14(20)18-9-12(17)11-7-6-10(16)8-13(11)19(4)5/h6-8,12H,9,17H2,1-5H3,(H,18,20). The summed E-state index contributed by atoms with van der Waals surface area (Å²) in [5.41, 5.74) is 6.97. The smallest absolute Gasteiger partial charge is 0.407 e. The second-order valence-corrected chi connectivity index (χ2v) is 6.09. The van der Waals surface area contributed by atoms with Gasteiger partial charge in [0.1, 0.15) is 11.4 Å². The second-order valence-electron chi connectivity index (χ2n) is 6.09. The summed E-state index contributed by atoms with van der Waals surface area (Å²) < 4.78 is 18.5. The molecule has 0 aliphatic carbocycles. The second kappa shape index (κ2) is 6.76. The number of halogens is 1.